The summed E-state index contributed by atoms with van der Waals surface area (Å²) in [5.41, 5.74) is 2.68. The van der Waals surface area contributed by atoms with Crippen LogP contribution in [-0.2, 0) is 6.61 Å². The number of hydrogen-bond donors (Lipinski definition) is 0. The number of rotatable bonds is 3. The van der Waals surface area contributed by atoms with Crippen molar-refractivity contribution in [2.75, 3.05) is 0 Å². The van der Waals surface area contributed by atoms with Crippen molar-refractivity contribution in [3.8, 4) is 5.75 Å². The molecule has 2 rings (SSSR count). The number of ether oxygens (including phenoxy) is 1. The number of halogens is 2. The van der Waals surface area contributed by atoms with Gasteiger partial charge in [-0.3, -0.25) is 0 Å². The van der Waals surface area contributed by atoms with E-state index in [-0.39, 0.29) is 12.4 Å². The molecule has 0 fully saturated rings. The van der Waals surface area contributed by atoms with Crippen LogP contribution in [0.2, 0.25) is 0 Å². The molecule has 0 spiro atoms. The maximum Gasteiger partial charge on any atom is 0.130 e. The third-order valence-electron chi connectivity index (χ3n) is 2.80. The second-order valence-electron chi connectivity index (χ2n) is 4.25. The Hall–Kier alpha value is -1.35. The predicted molar refractivity (Wildman–Crippen MR) is 74.3 cm³/mol. The summed E-state index contributed by atoms with van der Waals surface area (Å²) < 4.78 is 20.1. The van der Waals surface area contributed by atoms with Crippen LogP contribution in [0.3, 0.4) is 0 Å². The molecule has 0 atom stereocenters. The van der Waals surface area contributed by atoms with E-state index in [0.717, 1.165) is 21.3 Å². The highest BCUT2D eigenvalue weighted by atomic mass is 79.9. The van der Waals surface area contributed by atoms with Gasteiger partial charge in [0.25, 0.3) is 0 Å². The molecule has 0 aliphatic carbocycles. The van der Waals surface area contributed by atoms with Crippen molar-refractivity contribution in [1.82, 2.24) is 0 Å². The minimum Gasteiger partial charge on any atom is -0.488 e. The Morgan fingerprint density at radius 1 is 1.11 bits per heavy atom. The zero-order valence-electron chi connectivity index (χ0n) is 10.3. The molecular weight excluding hydrogens is 295 g/mol. The molecule has 0 N–H and O–H groups in total. The Morgan fingerprint density at radius 2 is 1.78 bits per heavy atom. The molecule has 0 unspecified atom stereocenters. The molecule has 0 saturated carbocycles. The van der Waals surface area contributed by atoms with Gasteiger partial charge < -0.3 is 4.74 Å². The summed E-state index contributed by atoms with van der Waals surface area (Å²) in [4.78, 5) is 0. The lowest BCUT2D eigenvalue weighted by atomic mass is 10.1. The van der Waals surface area contributed by atoms with Gasteiger partial charge in [-0.05, 0) is 37.1 Å². The van der Waals surface area contributed by atoms with E-state index in [2.05, 4.69) is 15.9 Å². The van der Waals surface area contributed by atoms with Gasteiger partial charge >= 0.3 is 0 Å². The van der Waals surface area contributed by atoms with Crippen molar-refractivity contribution in [3.05, 3.63) is 63.4 Å². The Balaban J connectivity index is 2.16. The Morgan fingerprint density at radius 3 is 2.39 bits per heavy atom. The Bertz CT molecular complexity index is 546. The second kappa shape index (κ2) is 5.53. The van der Waals surface area contributed by atoms with E-state index in [1.54, 1.807) is 6.07 Å². The molecule has 18 heavy (non-hydrogen) atoms. The largest absolute Gasteiger partial charge is 0.488 e. The maximum absolute atomic E-state index is 13.6. The summed E-state index contributed by atoms with van der Waals surface area (Å²) in [5, 5.41) is 0. The van der Waals surface area contributed by atoms with E-state index in [9.17, 15) is 4.39 Å². The molecule has 0 bridgehead atoms. The highest BCUT2D eigenvalue weighted by Gasteiger charge is 2.07. The predicted octanol–water partition coefficient (Wildman–Crippen LogP) is 4.78. The van der Waals surface area contributed by atoms with Crippen molar-refractivity contribution in [2.24, 2.45) is 0 Å². The molecule has 2 aromatic rings. The highest BCUT2D eigenvalue weighted by molar-refractivity contribution is 9.10. The molecule has 1 nitrogen and oxygen atoms in total. The van der Waals surface area contributed by atoms with Crippen molar-refractivity contribution in [3.63, 3.8) is 0 Å². The normalized spacial score (nSPS) is 10.4. The fourth-order valence-corrected chi connectivity index (χ4v) is 2.15. The minimum absolute atomic E-state index is 0.241. The fraction of sp³-hybridized carbons (Fsp3) is 0.200. The molecular formula is C15H14BrFO. The van der Waals surface area contributed by atoms with Crippen molar-refractivity contribution >= 4 is 15.9 Å². The molecule has 94 valence electrons. The highest BCUT2D eigenvalue weighted by Crippen LogP contribution is 2.24. The number of benzene rings is 2. The molecule has 0 aliphatic heterocycles. The zero-order chi connectivity index (χ0) is 13.1. The van der Waals surface area contributed by atoms with E-state index in [1.807, 2.05) is 38.1 Å². The van der Waals surface area contributed by atoms with Crippen LogP contribution < -0.4 is 4.74 Å². The summed E-state index contributed by atoms with van der Waals surface area (Å²) in [5.74, 6) is 0.579. The van der Waals surface area contributed by atoms with Crippen molar-refractivity contribution in [2.45, 2.75) is 20.5 Å². The summed E-state index contributed by atoms with van der Waals surface area (Å²) >= 11 is 3.23. The third kappa shape index (κ3) is 2.91. The quantitative estimate of drug-likeness (QED) is 0.792. The number of para-hydroxylation sites is 1. The summed E-state index contributed by atoms with van der Waals surface area (Å²) in [6.45, 7) is 4.21. The smallest absolute Gasteiger partial charge is 0.130 e. The van der Waals surface area contributed by atoms with Crippen LogP contribution >= 0.6 is 15.9 Å². The summed E-state index contributed by atoms with van der Waals surface area (Å²) in [6.07, 6.45) is 0. The zero-order valence-corrected chi connectivity index (χ0v) is 11.9. The first-order valence-corrected chi connectivity index (χ1v) is 6.50. The van der Waals surface area contributed by atoms with Crippen molar-refractivity contribution < 1.29 is 9.13 Å². The lowest BCUT2D eigenvalue weighted by Crippen LogP contribution is -2.01. The van der Waals surface area contributed by atoms with Crippen LogP contribution in [0, 0.1) is 19.7 Å². The number of aryl methyl sites for hydroxylation is 2. The van der Waals surface area contributed by atoms with Crippen LogP contribution in [0.15, 0.2) is 40.9 Å². The molecule has 0 radical (unpaired) electrons. The second-order valence-corrected chi connectivity index (χ2v) is 5.16. The van der Waals surface area contributed by atoms with E-state index in [0.29, 0.717) is 5.56 Å². The van der Waals surface area contributed by atoms with Gasteiger partial charge in [-0.15, -0.1) is 0 Å². The van der Waals surface area contributed by atoms with Crippen LogP contribution in [0.5, 0.6) is 5.75 Å². The molecule has 0 heterocycles. The standard InChI is InChI=1S/C15H14BrFO/c1-10-4-3-5-11(2)15(10)18-9-12-6-7-13(16)8-14(12)17/h3-8H,9H2,1-2H3. The lowest BCUT2D eigenvalue weighted by molar-refractivity contribution is 0.296. The van der Waals surface area contributed by atoms with Crippen molar-refractivity contribution in [1.29, 1.82) is 0 Å². The van der Waals surface area contributed by atoms with Gasteiger partial charge in [-0.1, -0.05) is 40.2 Å². The monoisotopic (exact) mass is 308 g/mol. The topological polar surface area (TPSA) is 9.23 Å². The van der Waals surface area contributed by atoms with Crippen LogP contribution in [-0.4, -0.2) is 0 Å². The third-order valence-corrected chi connectivity index (χ3v) is 3.29. The van der Waals surface area contributed by atoms with Crippen LogP contribution in [0.25, 0.3) is 0 Å². The first-order chi connectivity index (χ1) is 8.58. The molecule has 0 amide bonds. The molecule has 3 heteroatoms. The van der Waals surface area contributed by atoms with Crippen LogP contribution in [0.1, 0.15) is 16.7 Å². The van der Waals surface area contributed by atoms with Crippen LogP contribution in [0.4, 0.5) is 4.39 Å². The van der Waals surface area contributed by atoms with Gasteiger partial charge in [-0.25, -0.2) is 4.39 Å². The van der Waals surface area contributed by atoms with E-state index < -0.39 is 0 Å². The first kappa shape index (κ1) is 13.1. The van der Waals surface area contributed by atoms with Gasteiger partial charge in [0, 0.05) is 10.0 Å². The Labute approximate surface area is 115 Å². The Kier molecular flexibility index (Phi) is 4.02. The first-order valence-electron chi connectivity index (χ1n) is 5.71. The fourth-order valence-electron chi connectivity index (χ4n) is 1.82. The van der Waals surface area contributed by atoms with Gasteiger partial charge in [0.1, 0.15) is 18.2 Å². The van der Waals surface area contributed by atoms with E-state index in [4.69, 9.17) is 4.74 Å². The lowest BCUT2D eigenvalue weighted by Gasteiger charge is -2.12. The molecule has 0 aliphatic rings. The molecule has 0 saturated heterocycles. The minimum atomic E-state index is -0.254. The molecule has 2 aromatic carbocycles. The average Bonchev–Trinajstić information content (AvgIpc) is 2.31. The van der Waals surface area contributed by atoms with Gasteiger partial charge in [0.15, 0.2) is 0 Å². The van der Waals surface area contributed by atoms with E-state index in [1.165, 1.54) is 6.07 Å². The van der Waals surface area contributed by atoms with Gasteiger partial charge in [0.05, 0.1) is 0 Å². The number of hydrogen-bond acceptors (Lipinski definition) is 1. The van der Waals surface area contributed by atoms with Gasteiger partial charge in [0.2, 0.25) is 0 Å². The van der Waals surface area contributed by atoms with Gasteiger partial charge in [-0.2, -0.15) is 0 Å². The van der Waals surface area contributed by atoms with E-state index >= 15 is 0 Å². The summed E-state index contributed by atoms with van der Waals surface area (Å²) in [7, 11) is 0. The average molecular weight is 309 g/mol. The maximum atomic E-state index is 13.6. The SMILES string of the molecule is Cc1cccc(C)c1OCc1ccc(Br)cc1F. The molecule has 0 aromatic heterocycles. The summed E-state index contributed by atoms with van der Waals surface area (Å²) in [6, 6.07) is 10.9.